The fourth-order valence-electron chi connectivity index (χ4n) is 2.53. The van der Waals surface area contributed by atoms with E-state index in [1.807, 2.05) is 13.0 Å². The van der Waals surface area contributed by atoms with Crippen LogP contribution in [0.4, 0.5) is 13.2 Å². The van der Waals surface area contributed by atoms with Crippen molar-refractivity contribution in [1.82, 2.24) is 5.32 Å². The summed E-state index contributed by atoms with van der Waals surface area (Å²) in [5, 5.41) is 3.27. The third kappa shape index (κ3) is 2.86. The van der Waals surface area contributed by atoms with Gasteiger partial charge in [-0.1, -0.05) is 25.1 Å². The van der Waals surface area contributed by atoms with E-state index >= 15 is 0 Å². The van der Waals surface area contributed by atoms with Crippen LogP contribution >= 0.6 is 0 Å². The van der Waals surface area contributed by atoms with E-state index in [0.717, 1.165) is 37.6 Å². The zero-order chi connectivity index (χ0) is 13.2. The number of alkyl halides is 3. The van der Waals surface area contributed by atoms with Crippen LogP contribution in [-0.4, -0.2) is 13.1 Å². The number of hydrogen-bond acceptors (Lipinski definition) is 1. The van der Waals surface area contributed by atoms with Crippen molar-refractivity contribution in [3.63, 3.8) is 0 Å². The molecule has 0 radical (unpaired) electrons. The highest BCUT2D eigenvalue weighted by atomic mass is 19.4. The molecular weight excluding hydrogens is 239 g/mol. The lowest BCUT2D eigenvalue weighted by Crippen LogP contribution is -2.33. The summed E-state index contributed by atoms with van der Waals surface area (Å²) in [6.07, 6.45) is -2.14. The summed E-state index contributed by atoms with van der Waals surface area (Å²) in [7, 11) is 0. The van der Waals surface area contributed by atoms with Gasteiger partial charge < -0.3 is 5.32 Å². The number of halogens is 3. The average molecular weight is 257 g/mol. The standard InChI is InChI=1S/C14H18F3N/c1-2-18-9-11-6-7-13(11)10-4-3-5-12(8-10)14(15,16)17/h3-5,8,11,13,18H,2,6-7,9H2,1H3. The molecule has 1 nitrogen and oxygen atoms in total. The monoisotopic (exact) mass is 257 g/mol. The van der Waals surface area contributed by atoms with E-state index < -0.39 is 11.7 Å². The molecule has 1 aliphatic rings. The van der Waals surface area contributed by atoms with Crippen LogP contribution < -0.4 is 5.32 Å². The minimum atomic E-state index is -4.24. The summed E-state index contributed by atoms with van der Waals surface area (Å²) in [5.74, 6) is 0.764. The Morgan fingerprint density at radius 3 is 2.61 bits per heavy atom. The Labute approximate surface area is 105 Å². The molecule has 1 fully saturated rings. The second kappa shape index (κ2) is 5.31. The van der Waals surface area contributed by atoms with Gasteiger partial charge in [-0.25, -0.2) is 0 Å². The van der Waals surface area contributed by atoms with Gasteiger partial charge in [0.15, 0.2) is 0 Å². The van der Waals surface area contributed by atoms with E-state index in [0.29, 0.717) is 5.92 Å². The molecule has 2 rings (SSSR count). The first-order valence-electron chi connectivity index (χ1n) is 6.40. The molecule has 0 bridgehead atoms. The van der Waals surface area contributed by atoms with Crippen LogP contribution in [0.25, 0.3) is 0 Å². The second-order valence-corrected chi connectivity index (χ2v) is 4.87. The van der Waals surface area contributed by atoms with Crippen molar-refractivity contribution in [2.75, 3.05) is 13.1 Å². The number of nitrogens with one attached hydrogen (secondary N) is 1. The molecule has 18 heavy (non-hydrogen) atoms. The Bertz CT molecular complexity index is 400. The van der Waals surface area contributed by atoms with Crippen molar-refractivity contribution in [1.29, 1.82) is 0 Å². The Balaban J connectivity index is 2.09. The summed E-state index contributed by atoms with van der Waals surface area (Å²) in [6, 6.07) is 5.78. The Morgan fingerprint density at radius 1 is 1.28 bits per heavy atom. The normalized spacial score (nSPS) is 23.8. The lowest BCUT2D eigenvalue weighted by atomic mass is 9.70. The summed E-state index contributed by atoms with van der Waals surface area (Å²) in [4.78, 5) is 0. The van der Waals surface area contributed by atoms with Gasteiger partial charge >= 0.3 is 6.18 Å². The minimum Gasteiger partial charge on any atom is -0.317 e. The van der Waals surface area contributed by atoms with Gasteiger partial charge in [0.2, 0.25) is 0 Å². The predicted octanol–water partition coefficient (Wildman–Crippen LogP) is 3.81. The minimum absolute atomic E-state index is 0.284. The molecule has 1 N–H and O–H groups in total. The maximum Gasteiger partial charge on any atom is 0.416 e. The lowest BCUT2D eigenvalue weighted by molar-refractivity contribution is -0.137. The number of rotatable bonds is 4. The van der Waals surface area contributed by atoms with Crippen molar-refractivity contribution in [2.45, 2.75) is 31.9 Å². The van der Waals surface area contributed by atoms with E-state index in [1.165, 1.54) is 12.1 Å². The van der Waals surface area contributed by atoms with Crippen molar-refractivity contribution in [3.8, 4) is 0 Å². The van der Waals surface area contributed by atoms with E-state index in [-0.39, 0.29) is 5.92 Å². The molecule has 4 heteroatoms. The van der Waals surface area contributed by atoms with Gasteiger partial charge in [-0.15, -0.1) is 0 Å². The highest BCUT2D eigenvalue weighted by Gasteiger charge is 2.34. The zero-order valence-corrected chi connectivity index (χ0v) is 10.4. The van der Waals surface area contributed by atoms with Gasteiger partial charge in [-0.3, -0.25) is 0 Å². The van der Waals surface area contributed by atoms with Gasteiger partial charge in [0.05, 0.1) is 5.56 Å². The van der Waals surface area contributed by atoms with Crippen LogP contribution in [0.3, 0.4) is 0 Å². The molecule has 0 saturated heterocycles. The molecular formula is C14H18F3N. The SMILES string of the molecule is CCNCC1CCC1c1cccc(C(F)(F)F)c1. The smallest absolute Gasteiger partial charge is 0.317 e. The van der Waals surface area contributed by atoms with E-state index in [4.69, 9.17) is 0 Å². The Hall–Kier alpha value is -1.03. The first-order valence-corrected chi connectivity index (χ1v) is 6.40. The summed E-state index contributed by atoms with van der Waals surface area (Å²) in [5.41, 5.74) is 0.299. The molecule has 0 spiro atoms. The van der Waals surface area contributed by atoms with Gasteiger partial charge in [0.1, 0.15) is 0 Å². The summed E-state index contributed by atoms with van der Waals surface area (Å²) in [6.45, 7) is 3.85. The molecule has 0 heterocycles. The average Bonchev–Trinajstić information content (AvgIpc) is 2.27. The van der Waals surface area contributed by atoms with E-state index in [1.54, 1.807) is 0 Å². The summed E-state index contributed by atoms with van der Waals surface area (Å²) < 4.78 is 37.9. The molecule has 1 aromatic rings. The Kier molecular flexibility index (Phi) is 3.95. The molecule has 0 aromatic heterocycles. The maximum atomic E-state index is 12.6. The van der Waals surface area contributed by atoms with Crippen LogP contribution in [-0.2, 0) is 6.18 Å². The molecule has 1 aromatic carbocycles. The largest absolute Gasteiger partial charge is 0.416 e. The molecule has 1 saturated carbocycles. The van der Waals surface area contributed by atoms with Gasteiger partial charge in [0, 0.05) is 0 Å². The predicted molar refractivity (Wildman–Crippen MR) is 65.5 cm³/mol. The van der Waals surface area contributed by atoms with E-state index in [2.05, 4.69) is 5.32 Å². The molecule has 2 unspecified atom stereocenters. The van der Waals surface area contributed by atoms with Gasteiger partial charge in [0.25, 0.3) is 0 Å². The quantitative estimate of drug-likeness (QED) is 0.865. The third-order valence-electron chi connectivity index (χ3n) is 3.72. The summed E-state index contributed by atoms with van der Waals surface area (Å²) >= 11 is 0. The van der Waals surface area contributed by atoms with Crippen molar-refractivity contribution in [3.05, 3.63) is 35.4 Å². The van der Waals surface area contributed by atoms with Gasteiger partial charge in [-0.2, -0.15) is 13.2 Å². The highest BCUT2D eigenvalue weighted by Crippen LogP contribution is 2.43. The van der Waals surface area contributed by atoms with Gasteiger partial charge in [-0.05, 0) is 49.4 Å². The molecule has 100 valence electrons. The fraction of sp³-hybridized carbons (Fsp3) is 0.571. The molecule has 1 aliphatic carbocycles. The maximum absolute atomic E-state index is 12.6. The fourth-order valence-corrected chi connectivity index (χ4v) is 2.53. The topological polar surface area (TPSA) is 12.0 Å². The lowest BCUT2D eigenvalue weighted by Gasteiger charge is -2.37. The van der Waals surface area contributed by atoms with Crippen LogP contribution in [0.15, 0.2) is 24.3 Å². The molecule has 2 atom stereocenters. The number of benzene rings is 1. The highest BCUT2D eigenvalue weighted by molar-refractivity contribution is 5.30. The number of hydrogen-bond donors (Lipinski definition) is 1. The Morgan fingerprint density at radius 2 is 2.06 bits per heavy atom. The second-order valence-electron chi connectivity index (χ2n) is 4.87. The zero-order valence-electron chi connectivity index (χ0n) is 10.4. The van der Waals surface area contributed by atoms with Crippen LogP contribution in [0.1, 0.15) is 36.8 Å². The van der Waals surface area contributed by atoms with Crippen molar-refractivity contribution < 1.29 is 13.2 Å². The molecule has 0 amide bonds. The first kappa shape index (κ1) is 13.4. The third-order valence-corrected chi connectivity index (χ3v) is 3.72. The van der Waals surface area contributed by atoms with E-state index in [9.17, 15) is 13.2 Å². The van der Waals surface area contributed by atoms with Crippen molar-refractivity contribution in [2.24, 2.45) is 5.92 Å². The van der Waals surface area contributed by atoms with Crippen LogP contribution in [0, 0.1) is 5.92 Å². The van der Waals surface area contributed by atoms with Crippen LogP contribution in [0.2, 0.25) is 0 Å². The van der Waals surface area contributed by atoms with Crippen molar-refractivity contribution >= 4 is 0 Å². The van der Waals surface area contributed by atoms with Crippen LogP contribution in [0.5, 0.6) is 0 Å². The first-order chi connectivity index (χ1) is 8.52. The molecule has 0 aliphatic heterocycles.